The zero-order chi connectivity index (χ0) is 13.3. The van der Waals surface area contributed by atoms with Gasteiger partial charge in [0.2, 0.25) is 0 Å². The minimum absolute atomic E-state index is 0.266. The lowest BCUT2D eigenvalue weighted by Gasteiger charge is -2.28. The van der Waals surface area contributed by atoms with Gasteiger partial charge in [-0.15, -0.1) is 11.8 Å². The topological polar surface area (TPSA) is 12.0 Å². The minimum atomic E-state index is -4.51. The second-order valence-corrected chi connectivity index (χ2v) is 5.64. The monoisotopic (exact) mass is 279 g/mol. The van der Waals surface area contributed by atoms with E-state index in [9.17, 15) is 17.6 Å². The van der Waals surface area contributed by atoms with E-state index >= 15 is 0 Å². The molecule has 1 aliphatic rings. The fraction of sp³-hybridized carbons (Fsp3) is 0.500. The summed E-state index contributed by atoms with van der Waals surface area (Å²) < 4.78 is 51.0. The van der Waals surface area contributed by atoms with Crippen molar-refractivity contribution in [3.05, 3.63) is 35.1 Å². The highest BCUT2D eigenvalue weighted by Crippen LogP contribution is 2.36. The molecule has 0 amide bonds. The van der Waals surface area contributed by atoms with E-state index in [4.69, 9.17) is 0 Å². The summed E-state index contributed by atoms with van der Waals surface area (Å²) in [7, 11) is 0. The summed E-state index contributed by atoms with van der Waals surface area (Å²) in [5.74, 6) is 0.484. The number of nitrogens with one attached hydrogen (secondary N) is 1. The lowest BCUT2D eigenvalue weighted by Crippen LogP contribution is -2.31. The molecule has 0 aromatic heterocycles. The highest BCUT2D eigenvalue weighted by Gasteiger charge is 2.32. The van der Waals surface area contributed by atoms with Gasteiger partial charge in [0.15, 0.2) is 0 Å². The third-order valence-corrected chi connectivity index (χ3v) is 4.28. The van der Waals surface area contributed by atoms with Crippen LogP contribution in [0, 0.1) is 11.7 Å². The molecule has 0 spiro atoms. The molecular weight excluding hydrogens is 266 g/mol. The number of benzene rings is 1. The molecule has 100 valence electrons. The first-order valence-corrected chi connectivity index (χ1v) is 6.64. The third-order valence-electron chi connectivity index (χ3n) is 2.75. The van der Waals surface area contributed by atoms with Crippen molar-refractivity contribution in [3.8, 4) is 0 Å². The van der Waals surface area contributed by atoms with Crippen molar-refractivity contribution >= 4 is 11.8 Å². The second kappa shape index (κ2) is 5.09. The zero-order valence-corrected chi connectivity index (χ0v) is 10.5. The molecule has 1 heterocycles. The van der Waals surface area contributed by atoms with Gasteiger partial charge in [-0.25, -0.2) is 4.39 Å². The number of hydrogen-bond donors (Lipinski definition) is 1. The summed E-state index contributed by atoms with van der Waals surface area (Å²) in [4.78, 5) is 0. The van der Waals surface area contributed by atoms with E-state index in [0.717, 1.165) is 24.4 Å². The maximum Gasteiger partial charge on any atom is 0.416 e. The molecule has 2 unspecified atom stereocenters. The van der Waals surface area contributed by atoms with Crippen molar-refractivity contribution in [2.75, 3.05) is 12.3 Å². The molecule has 1 aromatic rings. The largest absolute Gasteiger partial charge is 0.416 e. The molecule has 1 fully saturated rings. The van der Waals surface area contributed by atoms with Crippen LogP contribution < -0.4 is 5.32 Å². The number of alkyl halides is 3. The van der Waals surface area contributed by atoms with Gasteiger partial charge in [0.25, 0.3) is 0 Å². The van der Waals surface area contributed by atoms with Gasteiger partial charge in [-0.3, -0.25) is 0 Å². The van der Waals surface area contributed by atoms with Gasteiger partial charge in [-0.1, -0.05) is 6.92 Å². The Kier molecular flexibility index (Phi) is 3.87. The van der Waals surface area contributed by atoms with Crippen molar-refractivity contribution in [2.45, 2.75) is 18.5 Å². The van der Waals surface area contributed by atoms with Crippen LogP contribution in [0.4, 0.5) is 17.6 Å². The highest BCUT2D eigenvalue weighted by atomic mass is 32.2. The predicted octanol–water partition coefficient (Wildman–Crippen LogP) is 3.82. The Morgan fingerprint density at radius 2 is 2.00 bits per heavy atom. The molecule has 6 heteroatoms. The smallest absolute Gasteiger partial charge is 0.301 e. The van der Waals surface area contributed by atoms with Crippen LogP contribution in [0.1, 0.15) is 23.4 Å². The molecule has 1 aromatic carbocycles. The number of halogens is 4. The second-order valence-electron chi connectivity index (χ2n) is 4.50. The Morgan fingerprint density at radius 1 is 1.28 bits per heavy atom. The molecular formula is C12H13F4NS. The molecule has 0 bridgehead atoms. The molecule has 0 saturated carbocycles. The van der Waals surface area contributed by atoms with Crippen LogP contribution in [0.5, 0.6) is 0 Å². The summed E-state index contributed by atoms with van der Waals surface area (Å²) in [6.45, 7) is 2.79. The Labute approximate surface area is 107 Å². The number of hydrogen-bond acceptors (Lipinski definition) is 2. The average Bonchev–Trinajstić information content (AvgIpc) is 2.28. The molecule has 2 atom stereocenters. The average molecular weight is 279 g/mol. The predicted molar refractivity (Wildman–Crippen MR) is 63.8 cm³/mol. The van der Waals surface area contributed by atoms with Gasteiger partial charge < -0.3 is 5.32 Å². The van der Waals surface area contributed by atoms with Gasteiger partial charge in [-0.2, -0.15) is 13.2 Å². The SMILES string of the molecule is CC1CNC(c2cc(F)cc(C(F)(F)F)c2)SC1. The molecule has 1 N–H and O–H groups in total. The fourth-order valence-corrected chi connectivity index (χ4v) is 3.01. The third kappa shape index (κ3) is 3.17. The van der Waals surface area contributed by atoms with E-state index in [1.165, 1.54) is 11.8 Å². The van der Waals surface area contributed by atoms with Crippen LogP contribution in [0.15, 0.2) is 18.2 Å². The van der Waals surface area contributed by atoms with E-state index in [0.29, 0.717) is 17.5 Å². The first-order chi connectivity index (χ1) is 8.36. The molecule has 1 aliphatic heterocycles. The lowest BCUT2D eigenvalue weighted by atomic mass is 10.1. The van der Waals surface area contributed by atoms with Crippen molar-refractivity contribution in [3.63, 3.8) is 0 Å². The van der Waals surface area contributed by atoms with E-state index < -0.39 is 17.6 Å². The van der Waals surface area contributed by atoms with E-state index in [-0.39, 0.29) is 5.37 Å². The van der Waals surface area contributed by atoms with Gasteiger partial charge >= 0.3 is 6.18 Å². The van der Waals surface area contributed by atoms with Crippen molar-refractivity contribution in [2.24, 2.45) is 5.92 Å². The van der Waals surface area contributed by atoms with Crippen LogP contribution in [0.3, 0.4) is 0 Å². The van der Waals surface area contributed by atoms with Gasteiger partial charge in [0, 0.05) is 0 Å². The number of thioether (sulfide) groups is 1. The number of rotatable bonds is 1. The first-order valence-electron chi connectivity index (χ1n) is 5.59. The molecule has 0 radical (unpaired) electrons. The first kappa shape index (κ1) is 13.7. The molecule has 18 heavy (non-hydrogen) atoms. The molecule has 0 aliphatic carbocycles. The van der Waals surface area contributed by atoms with E-state index in [2.05, 4.69) is 12.2 Å². The fourth-order valence-electron chi connectivity index (χ4n) is 1.83. The maximum atomic E-state index is 13.3. The standard InChI is InChI=1S/C12H13F4NS/c1-7-5-17-11(18-6-7)8-2-9(12(14,15)16)4-10(13)3-8/h2-4,7,11,17H,5-6H2,1H3. The molecule has 1 saturated heterocycles. The van der Waals surface area contributed by atoms with E-state index in [1.807, 2.05) is 0 Å². The van der Waals surface area contributed by atoms with Crippen molar-refractivity contribution in [1.29, 1.82) is 0 Å². The van der Waals surface area contributed by atoms with Gasteiger partial charge in [0.1, 0.15) is 5.82 Å². The van der Waals surface area contributed by atoms with E-state index in [1.54, 1.807) is 0 Å². The lowest BCUT2D eigenvalue weighted by molar-refractivity contribution is -0.137. The summed E-state index contributed by atoms with van der Waals surface area (Å²) in [5.41, 5.74) is -0.585. The van der Waals surface area contributed by atoms with Crippen LogP contribution in [0.25, 0.3) is 0 Å². The maximum absolute atomic E-state index is 13.3. The van der Waals surface area contributed by atoms with Crippen LogP contribution >= 0.6 is 11.8 Å². The van der Waals surface area contributed by atoms with Crippen LogP contribution in [-0.2, 0) is 6.18 Å². The Morgan fingerprint density at radius 3 is 2.56 bits per heavy atom. The normalized spacial score (nSPS) is 25.2. The summed E-state index contributed by atoms with van der Waals surface area (Å²) in [5, 5.41) is 2.85. The molecule has 1 nitrogen and oxygen atoms in total. The zero-order valence-electron chi connectivity index (χ0n) is 9.72. The van der Waals surface area contributed by atoms with Crippen molar-refractivity contribution in [1.82, 2.24) is 5.32 Å². The van der Waals surface area contributed by atoms with Crippen molar-refractivity contribution < 1.29 is 17.6 Å². The summed E-state index contributed by atoms with van der Waals surface area (Å²) in [6, 6.07) is 2.71. The van der Waals surface area contributed by atoms with Crippen LogP contribution in [-0.4, -0.2) is 12.3 Å². The van der Waals surface area contributed by atoms with Gasteiger partial charge in [-0.05, 0) is 42.0 Å². The Hall–Kier alpha value is -0.750. The molecule has 2 rings (SSSR count). The quantitative estimate of drug-likeness (QED) is 0.784. The highest BCUT2D eigenvalue weighted by molar-refractivity contribution is 7.99. The Bertz CT molecular complexity index is 425. The minimum Gasteiger partial charge on any atom is -0.301 e. The summed E-state index contributed by atoms with van der Waals surface area (Å²) >= 11 is 1.51. The Balaban J connectivity index is 2.25. The van der Waals surface area contributed by atoms with Gasteiger partial charge in [0.05, 0.1) is 10.9 Å². The summed E-state index contributed by atoms with van der Waals surface area (Å²) in [6.07, 6.45) is -4.51. The van der Waals surface area contributed by atoms with Crippen LogP contribution in [0.2, 0.25) is 0 Å².